The molecule has 0 aromatic carbocycles. The second-order valence-corrected chi connectivity index (χ2v) is 6.42. The first kappa shape index (κ1) is 14.5. The van der Waals surface area contributed by atoms with E-state index < -0.39 is 0 Å². The van der Waals surface area contributed by atoms with Crippen LogP contribution in [0.5, 0.6) is 0 Å². The molecule has 2 aromatic rings. The Bertz CT molecular complexity index is 604. The molecule has 0 radical (unpaired) electrons. The third-order valence-corrected chi connectivity index (χ3v) is 4.88. The van der Waals surface area contributed by atoms with Gasteiger partial charge in [0.15, 0.2) is 0 Å². The molecule has 2 heterocycles. The van der Waals surface area contributed by atoms with Gasteiger partial charge < -0.3 is 10.1 Å². The van der Waals surface area contributed by atoms with Gasteiger partial charge in [0.2, 0.25) is 0 Å². The van der Waals surface area contributed by atoms with Gasteiger partial charge in [-0.05, 0) is 50.9 Å². The van der Waals surface area contributed by atoms with Gasteiger partial charge in [0.1, 0.15) is 5.65 Å². The quantitative estimate of drug-likeness (QED) is 0.939. The van der Waals surface area contributed by atoms with Crippen LogP contribution in [0.15, 0.2) is 24.5 Å². The Morgan fingerprint density at radius 1 is 1.38 bits per heavy atom. The van der Waals surface area contributed by atoms with Crippen LogP contribution in [0.1, 0.15) is 36.9 Å². The van der Waals surface area contributed by atoms with E-state index in [4.69, 9.17) is 10.7 Å². The zero-order valence-corrected chi connectivity index (χ0v) is 13.1. The minimum Gasteiger partial charge on any atom is -0.330 e. The van der Waals surface area contributed by atoms with E-state index in [9.17, 15) is 0 Å². The average Bonchev–Trinajstić information content (AvgIpc) is 2.91. The number of hydrogen-bond acceptors (Lipinski definition) is 3. The highest BCUT2D eigenvalue weighted by atomic mass is 15.2. The largest absolute Gasteiger partial charge is 0.330 e. The molecular weight excluding hydrogens is 260 g/mol. The number of fused-ring (bicyclic) bond motifs is 1. The van der Waals surface area contributed by atoms with Crippen LogP contribution >= 0.6 is 0 Å². The first-order chi connectivity index (χ1) is 10.2. The summed E-state index contributed by atoms with van der Waals surface area (Å²) in [5.41, 5.74) is 9.40. The number of nitrogens with zero attached hydrogens (tertiary/aromatic N) is 3. The summed E-state index contributed by atoms with van der Waals surface area (Å²) < 4.78 is 2.12. The third-order valence-electron chi connectivity index (χ3n) is 4.88. The van der Waals surface area contributed by atoms with Crippen molar-refractivity contribution < 1.29 is 0 Å². The second kappa shape index (κ2) is 6.16. The van der Waals surface area contributed by atoms with E-state index >= 15 is 0 Å². The number of rotatable bonds is 4. The molecule has 2 unspecified atom stereocenters. The maximum atomic E-state index is 5.96. The van der Waals surface area contributed by atoms with Crippen LogP contribution in [0.2, 0.25) is 0 Å². The molecule has 4 nitrogen and oxygen atoms in total. The lowest BCUT2D eigenvalue weighted by molar-refractivity contribution is 0.126. The summed E-state index contributed by atoms with van der Waals surface area (Å²) in [4.78, 5) is 7.24. The molecule has 114 valence electrons. The zero-order chi connectivity index (χ0) is 14.8. The summed E-state index contributed by atoms with van der Waals surface area (Å²) in [6.45, 7) is 3.82. The van der Waals surface area contributed by atoms with Crippen LogP contribution < -0.4 is 5.73 Å². The van der Waals surface area contributed by atoms with Crippen LogP contribution in [0.25, 0.3) is 5.65 Å². The van der Waals surface area contributed by atoms with Crippen molar-refractivity contribution in [1.29, 1.82) is 0 Å². The van der Waals surface area contributed by atoms with Gasteiger partial charge in [-0.2, -0.15) is 0 Å². The molecule has 2 atom stereocenters. The molecule has 1 fully saturated rings. The lowest BCUT2D eigenvalue weighted by atomic mass is 9.83. The Kier molecular flexibility index (Phi) is 4.27. The highest BCUT2D eigenvalue weighted by Crippen LogP contribution is 2.28. The maximum Gasteiger partial charge on any atom is 0.139 e. The molecule has 1 aliphatic carbocycles. The normalized spacial score (nSPS) is 23.0. The number of hydrogen-bond donors (Lipinski definition) is 1. The summed E-state index contributed by atoms with van der Waals surface area (Å²) in [5.74, 6) is 0.641. The van der Waals surface area contributed by atoms with Gasteiger partial charge in [-0.1, -0.05) is 18.9 Å². The summed E-state index contributed by atoms with van der Waals surface area (Å²) in [5, 5.41) is 0. The second-order valence-electron chi connectivity index (χ2n) is 6.42. The summed E-state index contributed by atoms with van der Waals surface area (Å²) in [7, 11) is 2.22. The van der Waals surface area contributed by atoms with Gasteiger partial charge in [0.25, 0.3) is 0 Å². The van der Waals surface area contributed by atoms with Crippen molar-refractivity contribution in [2.45, 2.75) is 45.2 Å². The highest BCUT2D eigenvalue weighted by molar-refractivity contribution is 5.47. The molecule has 4 heteroatoms. The molecule has 0 spiro atoms. The number of aryl methyl sites for hydroxylation is 1. The summed E-state index contributed by atoms with van der Waals surface area (Å²) in [6.07, 6.45) is 9.43. The van der Waals surface area contributed by atoms with E-state index in [1.807, 2.05) is 0 Å². The minimum atomic E-state index is 0.606. The molecule has 1 saturated carbocycles. The van der Waals surface area contributed by atoms with Gasteiger partial charge in [0.05, 0.1) is 5.69 Å². The molecule has 21 heavy (non-hydrogen) atoms. The Hall–Kier alpha value is -1.39. The van der Waals surface area contributed by atoms with Gasteiger partial charge in [-0.3, -0.25) is 4.90 Å². The minimum absolute atomic E-state index is 0.606. The van der Waals surface area contributed by atoms with E-state index in [0.29, 0.717) is 12.0 Å². The molecule has 0 aliphatic heterocycles. The molecule has 0 saturated heterocycles. The van der Waals surface area contributed by atoms with Crippen molar-refractivity contribution in [3.8, 4) is 0 Å². The lowest BCUT2D eigenvalue weighted by Crippen LogP contribution is -2.42. The van der Waals surface area contributed by atoms with Crippen LogP contribution in [0.4, 0.5) is 0 Å². The van der Waals surface area contributed by atoms with Crippen molar-refractivity contribution in [2.24, 2.45) is 11.7 Å². The maximum absolute atomic E-state index is 5.96. The molecule has 2 aromatic heterocycles. The van der Waals surface area contributed by atoms with E-state index in [-0.39, 0.29) is 0 Å². The number of pyridine rings is 1. The van der Waals surface area contributed by atoms with Gasteiger partial charge in [0, 0.05) is 25.0 Å². The first-order valence-corrected chi connectivity index (χ1v) is 8.02. The molecule has 0 amide bonds. The zero-order valence-electron chi connectivity index (χ0n) is 13.1. The highest BCUT2D eigenvalue weighted by Gasteiger charge is 2.27. The molecule has 0 bridgehead atoms. The molecule has 1 aliphatic rings. The predicted octanol–water partition coefficient (Wildman–Crippen LogP) is 2.59. The van der Waals surface area contributed by atoms with Crippen LogP contribution in [-0.2, 0) is 6.54 Å². The lowest BCUT2D eigenvalue weighted by Gasteiger charge is -2.37. The van der Waals surface area contributed by atoms with Gasteiger partial charge in [-0.25, -0.2) is 4.98 Å². The number of nitrogens with two attached hydrogens (primary N) is 1. The fourth-order valence-corrected chi connectivity index (χ4v) is 3.70. The van der Waals surface area contributed by atoms with E-state index in [1.165, 1.54) is 31.2 Å². The van der Waals surface area contributed by atoms with E-state index in [1.54, 1.807) is 0 Å². The Balaban J connectivity index is 1.76. The topological polar surface area (TPSA) is 46.6 Å². The van der Waals surface area contributed by atoms with Crippen molar-refractivity contribution in [3.05, 3.63) is 35.8 Å². The monoisotopic (exact) mass is 286 g/mol. The van der Waals surface area contributed by atoms with Gasteiger partial charge >= 0.3 is 0 Å². The van der Waals surface area contributed by atoms with Crippen molar-refractivity contribution in [3.63, 3.8) is 0 Å². The Morgan fingerprint density at radius 2 is 2.19 bits per heavy atom. The van der Waals surface area contributed by atoms with Crippen molar-refractivity contribution in [1.82, 2.24) is 14.3 Å². The fraction of sp³-hybridized carbons (Fsp3) is 0.588. The van der Waals surface area contributed by atoms with Crippen molar-refractivity contribution in [2.75, 3.05) is 13.6 Å². The van der Waals surface area contributed by atoms with Gasteiger partial charge in [-0.15, -0.1) is 0 Å². The average molecular weight is 286 g/mol. The van der Waals surface area contributed by atoms with Crippen LogP contribution in [-0.4, -0.2) is 33.9 Å². The number of imidazole rings is 1. The SMILES string of the molecule is Cc1cccn2cc(CN(C)C3CCCCC3CN)nc12. The number of aromatic nitrogens is 2. The van der Waals surface area contributed by atoms with Crippen LogP contribution in [0, 0.1) is 12.8 Å². The van der Waals surface area contributed by atoms with Crippen LogP contribution in [0.3, 0.4) is 0 Å². The summed E-state index contributed by atoms with van der Waals surface area (Å²) in [6, 6.07) is 4.79. The smallest absolute Gasteiger partial charge is 0.139 e. The van der Waals surface area contributed by atoms with Crippen molar-refractivity contribution >= 4 is 5.65 Å². The molecule has 3 rings (SSSR count). The Morgan fingerprint density at radius 3 is 2.95 bits per heavy atom. The molecule has 2 N–H and O–H groups in total. The fourth-order valence-electron chi connectivity index (χ4n) is 3.70. The first-order valence-electron chi connectivity index (χ1n) is 8.02. The van der Waals surface area contributed by atoms with E-state index in [2.05, 4.69) is 47.8 Å². The standard InChI is InChI=1S/C17H26N4/c1-13-6-5-9-21-12-15(19-17(13)21)11-20(2)16-8-4-3-7-14(16)10-18/h5-6,9,12,14,16H,3-4,7-8,10-11,18H2,1-2H3. The predicted molar refractivity (Wildman–Crippen MR) is 86.2 cm³/mol. The summed E-state index contributed by atoms with van der Waals surface area (Å²) >= 11 is 0. The Labute approximate surface area is 127 Å². The molecular formula is C17H26N4. The van der Waals surface area contributed by atoms with E-state index in [0.717, 1.165) is 24.4 Å². The third kappa shape index (κ3) is 2.97.